The summed E-state index contributed by atoms with van der Waals surface area (Å²) in [6, 6.07) is 0.437. The van der Waals surface area contributed by atoms with Crippen LogP contribution in [0, 0.1) is 0 Å². The van der Waals surface area contributed by atoms with Crippen molar-refractivity contribution in [3.8, 4) is 0 Å². The van der Waals surface area contributed by atoms with Crippen LogP contribution in [0.2, 0.25) is 0 Å². The molecular weight excluding hydrogens is 228 g/mol. The van der Waals surface area contributed by atoms with Gasteiger partial charge in [-0.25, -0.2) is 0 Å². The van der Waals surface area contributed by atoms with Gasteiger partial charge in [-0.05, 0) is 46.6 Å². The number of nitrogens with zero attached hydrogens (tertiary/aromatic N) is 1. The van der Waals surface area contributed by atoms with Gasteiger partial charge in [-0.1, -0.05) is 0 Å². The van der Waals surface area contributed by atoms with E-state index in [2.05, 4.69) is 25.7 Å². The molecule has 0 aromatic heterocycles. The second-order valence-corrected chi connectivity index (χ2v) is 5.73. The largest absolute Gasteiger partial charge is 0.378 e. The minimum atomic E-state index is -0.0900. The van der Waals surface area contributed by atoms with Gasteiger partial charge < -0.3 is 15.2 Å². The molecule has 18 heavy (non-hydrogen) atoms. The second-order valence-electron chi connectivity index (χ2n) is 5.73. The zero-order valence-corrected chi connectivity index (χ0v) is 12.4. The summed E-state index contributed by atoms with van der Waals surface area (Å²) in [6.45, 7) is 10.3. The van der Waals surface area contributed by atoms with Crippen LogP contribution in [0.4, 0.5) is 0 Å². The molecule has 0 bridgehead atoms. The lowest BCUT2D eigenvalue weighted by molar-refractivity contribution is -0.0683. The second kappa shape index (κ2) is 7.43. The minimum absolute atomic E-state index is 0.0900. The summed E-state index contributed by atoms with van der Waals surface area (Å²) in [7, 11) is 1.79. The molecule has 1 unspecified atom stereocenters. The number of rotatable bonds is 7. The molecule has 0 amide bonds. The lowest BCUT2D eigenvalue weighted by atomic mass is 9.95. The van der Waals surface area contributed by atoms with Crippen LogP contribution in [0.25, 0.3) is 0 Å². The molecule has 0 aliphatic carbocycles. The molecule has 4 nitrogen and oxygen atoms in total. The molecule has 1 heterocycles. The van der Waals surface area contributed by atoms with Gasteiger partial charge in [0.25, 0.3) is 0 Å². The van der Waals surface area contributed by atoms with Crippen molar-refractivity contribution in [2.75, 3.05) is 33.4 Å². The first-order valence-corrected chi connectivity index (χ1v) is 7.12. The topological polar surface area (TPSA) is 47.7 Å². The number of hydrogen-bond acceptors (Lipinski definition) is 4. The van der Waals surface area contributed by atoms with E-state index in [1.807, 2.05) is 0 Å². The third kappa shape index (κ3) is 4.50. The number of nitrogens with two attached hydrogens (primary N) is 1. The fourth-order valence-electron chi connectivity index (χ4n) is 2.37. The average Bonchev–Trinajstić information content (AvgIpc) is 2.39. The number of piperidine rings is 1. The third-order valence-electron chi connectivity index (χ3n) is 4.26. The van der Waals surface area contributed by atoms with Crippen LogP contribution >= 0.6 is 0 Å². The summed E-state index contributed by atoms with van der Waals surface area (Å²) < 4.78 is 11.4. The zero-order chi connectivity index (χ0) is 13.6. The predicted molar refractivity (Wildman–Crippen MR) is 74.8 cm³/mol. The maximum absolute atomic E-state index is 5.83. The van der Waals surface area contributed by atoms with Gasteiger partial charge in [-0.2, -0.15) is 0 Å². The van der Waals surface area contributed by atoms with Gasteiger partial charge >= 0.3 is 0 Å². The number of likely N-dealkylation sites (tertiary alicyclic amines) is 1. The van der Waals surface area contributed by atoms with Crippen molar-refractivity contribution in [1.82, 2.24) is 4.90 Å². The monoisotopic (exact) mass is 258 g/mol. The summed E-state index contributed by atoms with van der Waals surface area (Å²) in [5.41, 5.74) is 5.38. The Bertz CT molecular complexity index is 226. The maximum Gasteiger partial charge on any atom is 0.0774 e. The van der Waals surface area contributed by atoms with Crippen LogP contribution in [0.15, 0.2) is 0 Å². The van der Waals surface area contributed by atoms with Crippen LogP contribution in [0.5, 0.6) is 0 Å². The highest BCUT2D eigenvalue weighted by atomic mass is 16.5. The van der Waals surface area contributed by atoms with E-state index in [0.717, 1.165) is 45.5 Å². The Morgan fingerprint density at radius 1 is 1.33 bits per heavy atom. The molecule has 0 aromatic rings. The average molecular weight is 258 g/mol. The van der Waals surface area contributed by atoms with E-state index in [-0.39, 0.29) is 5.60 Å². The van der Waals surface area contributed by atoms with Crippen molar-refractivity contribution >= 4 is 0 Å². The van der Waals surface area contributed by atoms with Gasteiger partial charge in [0.15, 0.2) is 0 Å². The highest BCUT2D eigenvalue weighted by Crippen LogP contribution is 2.23. The molecule has 0 saturated carbocycles. The minimum Gasteiger partial charge on any atom is -0.378 e. The van der Waals surface area contributed by atoms with Crippen LogP contribution in [-0.4, -0.2) is 56.0 Å². The van der Waals surface area contributed by atoms with Crippen LogP contribution < -0.4 is 5.73 Å². The highest BCUT2D eigenvalue weighted by molar-refractivity contribution is 4.87. The summed E-state index contributed by atoms with van der Waals surface area (Å²) in [4.78, 5) is 2.51. The molecule has 1 fully saturated rings. The van der Waals surface area contributed by atoms with Gasteiger partial charge in [0.1, 0.15) is 0 Å². The van der Waals surface area contributed by atoms with E-state index in [0.29, 0.717) is 12.1 Å². The van der Waals surface area contributed by atoms with E-state index in [9.17, 15) is 0 Å². The standard InChI is InChI=1S/C14H30N2O2/c1-12(14(2,3)17-4)16-9-6-13(7-10-16)18-11-5-8-15/h12-13H,5-11,15H2,1-4H3. The first-order chi connectivity index (χ1) is 8.51. The Labute approximate surface area is 112 Å². The SMILES string of the molecule is COC(C)(C)C(C)N1CCC(OCCCN)CC1. The van der Waals surface area contributed by atoms with E-state index < -0.39 is 0 Å². The van der Waals surface area contributed by atoms with E-state index >= 15 is 0 Å². The van der Waals surface area contributed by atoms with Crippen molar-refractivity contribution in [2.24, 2.45) is 5.73 Å². The molecular formula is C14H30N2O2. The number of hydrogen-bond donors (Lipinski definition) is 1. The zero-order valence-electron chi connectivity index (χ0n) is 12.4. The lowest BCUT2D eigenvalue weighted by Crippen LogP contribution is -2.52. The van der Waals surface area contributed by atoms with E-state index in [1.165, 1.54) is 0 Å². The summed E-state index contributed by atoms with van der Waals surface area (Å²) in [6.07, 6.45) is 3.63. The maximum atomic E-state index is 5.83. The van der Waals surface area contributed by atoms with E-state index in [1.54, 1.807) is 7.11 Å². The summed E-state index contributed by atoms with van der Waals surface area (Å²) >= 11 is 0. The van der Waals surface area contributed by atoms with Crippen molar-refractivity contribution in [1.29, 1.82) is 0 Å². The summed E-state index contributed by atoms with van der Waals surface area (Å²) in [5.74, 6) is 0. The van der Waals surface area contributed by atoms with Gasteiger partial charge in [0.2, 0.25) is 0 Å². The Morgan fingerprint density at radius 3 is 2.44 bits per heavy atom. The molecule has 0 aromatic carbocycles. The Balaban J connectivity index is 2.30. The van der Waals surface area contributed by atoms with Gasteiger partial charge in [-0.15, -0.1) is 0 Å². The molecule has 1 atom stereocenters. The van der Waals surface area contributed by atoms with Crippen molar-refractivity contribution in [2.45, 2.75) is 57.8 Å². The molecule has 1 saturated heterocycles. The highest BCUT2D eigenvalue weighted by Gasteiger charge is 2.32. The lowest BCUT2D eigenvalue weighted by Gasteiger charge is -2.42. The molecule has 1 rings (SSSR count). The molecule has 0 radical (unpaired) electrons. The molecule has 108 valence electrons. The van der Waals surface area contributed by atoms with E-state index in [4.69, 9.17) is 15.2 Å². The number of methoxy groups -OCH3 is 1. The predicted octanol–water partition coefficient (Wildman–Crippen LogP) is 1.63. The van der Waals surface area contributed by atoms with Gasteiger partial charge in [-0.3, -0.25) is 4.90 Å². The van der Waals surface area contributed by atoms with Crippen molar-refractivity contribution in [3.05, 3.63) is 0 Å². The van der Waals surface area contributed by atoms with Crippen molar-refractivity contribution in [3.63, 3.8) is 0 Å². The third-order valence-corrected chi connectivity index (χ3v) is 4.26. The smallest absolute Gasteiger partial charge is 0.0774 e. The molecule has 1 aliphatic rings. The van der Waals surface area contributed by atoms with Crippen LogP contribution in [0.3, 0.4) is 0 Å². The molecule has 0 spiro atoms. The van der Waals surface area contributed by atoms with Gasteiger partial charge in [0, 0.05) is 32.8 Å². The normalized spacial score (nSPS) is 21.2. The first kappa shape index (κ1) is 15.9. The Kier molecular flexibility index (Phi) is 6.57. The molecule has 4 heteroatoms. The quantitative estimate of drug-likeness (QED) is 0.705. The Hall–Kier alpha value is -0.160. The van der Waals surface area contributed by atoms with Crippen LogP contribution in [-0.2, 0) is 9.47 Å². The molecule has 2 N–H and O–H groups in total. The summed E-state index contributed by atoms with van der Waals surface area (Å²) in [5, 5.41) is 0. The van der Waals surface area contributed by atoms with Gasteiger partial charge in [0.05, 0.1) is 11.7 Å². The fourth-order valence-corrected chi connectivity index (χ4v) is 2.37. The van der Waals surface area contributed by atoms with Crippen LogP contribution in [0.1, 0.15) is 40.0 Å². The molecule has 1 aliphatic heterocycles. The Morgan fingerprint density at radius 2 is 1.94 bits per heavy atom. The fraction of sp³-hybridized carbons (Fsp3) is 1.00. The number of ether oxygens (including phenoxy) is 2. The van der Waals surface area contributed by atoms with Crippen molar-refractivity contribution < 1.29 is 9.47 Å². The first-order valence-electron chi connectivity index (χ1n) is 7.12.